The average molecular weight is 346 g/mol. The summed E-state index contributed by atoms with van der Waals surface area (Å²) in [7, 11) is 0. The summed E-state index contributed by atoms with van der Waals surface area (Å²) in [5, 5.41) is 0. The van der Waals surface area contributed by atoms with Gasteiger partial charge in [-0.3, -0.25) is 14.5 Å². The first kappa shape index (κ1) is 19.0. The lowest BCUT2D eigenvalue weighted by Gasteiger charge is -2.33. The van der Waals surface area contributed by atoms with E-state index in [-0.39, 0.29) is 30.8 Å². The van der Waals surface area contributed by atoms with Crippen molar-refractivity contribution in [2.75, 3.05) is 13.1 Å². The molecule has 1 saturated heterocycles. The molecule has 1 fully saturated rings. The molecule has 1 aromatic rings. The Morgan fingerprint density at radius 2 is 1.84 bits per heavy atom. The highest BCUT2D eigenvalue weighted by Gasteiger charge is 2.41. The Labute approximate surface area is 148 Å². The van der Waals surface area contributed by atoms with Crippen LogP contribution in [0.5, 0.6) is 0 Å². The summed E-state index contributed by atoms with van der Waals surface area (Å²) in [4.78, 5) is 39.9. The molecule has 0 N–H and O–H groups in total. The van der Waals surface area contributed by atoms with Crippen LogP contribution in [0.2, 0.25) is 0 Å². The van der Waals surface area contributed by atoms with Gasteiger partial charge in [0.15, 0.2) is 5.78 Å². The fraction of sp³-hybridized carbons (Fsp3) is 0.526. The molecule has 1 aliphatic heterocycles. The number of hydrogen-bond acceptors (Lipinski definition) is 4. The Bertz CT molecular complexity index is 651. The standard InChI is InChI=1S/C19H26N2O4/c1-13(15-9-7-6-8-10-15)21(14(2)22)16-11-20(12-17(16)23)18(24)25-19(3,4)5/h6-10,13,16H,11-12H2,1-5H3/t13-,16?/m1/s1. The molecule has 2 atom stereocenters. The minimum Gasteiger partial charge on any atom is -0.444 e. The largest absolute Gasteiger partial charge is 0.444 e. The van der Waals surface area contributed by atoms with Crippen LogP contribution < -0.4 is 0 Å². The van der Waals surface area contributed by atoms with Crippen molar-refractivity contribution in [3.63, 3.8) is 0 Å². The van der Waals surface area contributed by atoms with Crippen molar-refractivity contribution in [3.05, 3.63) is 35.9 Å². The monoisotopic (exact) mass is 346 g/mol. The van der Waals surface area contributed by atoms with Crippen LogP contribution in [-0.4, -0.2) is 52.3 Å². The molecule has 1 unspecified atom stereocenters. The Balaban J connectivity index is 2.18. The van der Waals surface area contributed by atoms with E-state index < -0.39 is 17.7 Å². The molecule has 0 saturated carbocycles. The van der Waals surface area contributed by atoms with Crippen molar-refractivity contribution in [2.45, 2.75) is 52.3 Å². The van der Waals surface area contributed by atoms with Crippen LogP contribution in [0.15, 0.2) is 30.3 Å². The molecule has 2 rings (SSSR count). The lowest BCUT2D eigenvalue weighted by atomic mass is 10.0. The molecule has 1 heterocycles. The van der Waals surface area contributed by atoms with Crippen LogP contribution in [-0.2, 0) is 14.3 Å². The molecule has 25 heavy (non-hydrogen) atoms. The van der Waals surface area contributed by atoms with Crippen LogP contribution >= 0.6 is 0 Å². The summed E-state index contributed by atoms with van der Waals surface area (Å²) in [6.07, 6.45) is -0.529. The Hall–Kier alpha value is -2.37. The van der Waals surface area contributed by atoms with Gasteiger partial charge in [0.05, 0.1) is 19.1 Å². The Morgan fingerprint density at radius 3 is 2.36 bits per heavy atom. The third kappa shape index (κ3) is 4.59. The SMILES string of the molecule is CC(=O)N(C1CN(C(=O)OC(C)(C)C)CC1=O)[C@H](C)c1ccccc1. The second kappa shape index (κ2) is 7.25. The molecule has 136 valence electrons. The van der Waals surface area contributed by atoms with Gasteiger partial charge in [0.1, 0.15) is 11.6 Å². The number of ketones is 1. The van der Waals surface area contributed by atoms with Gasteiger partial charge in [0.25, 0.3) is 0 Å². The van der Waals surface area contributed by atoms with Crippen molar-refractivity contribution < 1.29 is 19.1 Å². The highest BCUT2D eigenvalue weighted by molar-refractivity contribution is 5.94. The molecule has 1 aromatic carbocycles. The van der Waals surface area contributed by atoms with E-state index in [0.717, 1.165) is 5.56 Å². The minimum atomic E-state index is -0.653. The third-order valence-electron chi connectivity index (χ3n) is 4.16. The van der Waals surface area contributed by atoms with Gasteiger partial charge < -0.3 is 9.64 Å². The Kier molecular flexibility index (Phi) is 5.50. The summed E-state index contributed by atoms with van der Waals surface area (Å²) in [6, 6.07) is 8.63. The second-order valence-electron chi connectivity index (χ2n) is 7.36. The van der Waals surface area contributed by atoms with Gasteiger partial charge >= 0.3 is 6.09 Å². The first-order chi connectivity index (χ1) is 11.6. The van der Waals surface area contributed by atoms with Crippen LogP contribution in [0, 0.1) is 0 Å². The summed E-state index contributed by atoms with van der Waals surface area (Å²) in [5.41, 5.74) is 0.316. The van der Waals surface area contributed by atoms with Crippen LogP contribution in [0.1, 0.15) is 46.2 Å². The van der Waals surface area contributed by atoms with E-state index in [1.165, 1.54) is 11.8 Å². The molecule has 6 nitrogen and oxygen atoms in total. The molecule has 6 heteroatoms. The maximum absolute atomic E-state index is 12.5. The van der Waals surface area contributed by atoms with E-state index in [0.29, 0.717) is 0 Å². The molecule has 0 aliphatic carbocycles. The molecular weight excluding hydrogens is 320 g/mol. The minimum absolute atomic E-state index is 0.0368. The van der Waals surface area contributed by atoms with Crippen molar-refractivity contribution in [1.29, 1.82) is 0 Å². The molecule has 1 aliphatic rings. The van der Waals surface area contributed by atoms with E-state index in [2.05, 4.69) is 0 Å². The molecule has 0 radical (unpaired) electrons. The smallest absolute Gasteiger partial charge is 0.410 e. The number of carbonyl (C=O) groups is 3. The van der Waals surface area contributed by atoms with Gasteiger partial charge in [0.2, 0.25) is 5.91 Å². The first-order valence-electron chi connectivity index (χ1n) is 8.44. The number of hydrogen-bond donors (Lipinski definition) is 0. The van der Waals surface area contributed by atoms with Crippen molar-refractivity contribution in [2.24, 2.45) is 0 Å². The molecule has 0 spiro atoms. The van der Waals surface area contributed by atoms with Gasteiger partial charge in [-0.15, -0.1) is 0 Å². The quantitative estimate of drug-likeness (QED) is 0.844. The number of rotatable bonds is 3. The van der Waals surface area contributed by atoms with Crippen molar-refractivity contribution >= 4 is 17.8 Å². The fourth-order valence-electron chi connectivity index (χ4n) is 3.03. The maximum Gasteiger partial charge on any atom is 0.410 e. The maximum atomic E-state index is 12.5. The predicted octanol–water partition coefficient (Wildman–Crippen LogP) is 2.78. The zero-order valence-electron chi connectivity index (χ0n) is 15.5. The van der Waals surface area contributed by atoms with Crippen molar-refractivity contribution in [3.8, 4) is 0 Å². The highest BCUT2D eigenvalue weighted by Crippen LogP contribution is 2.26. The lowest BCUT2D eigenvalue weighted by molar-refractivity contribution is -0.138. The first-order valence-corrected chi connectivity index (χ1v) is 8.44. The fourth-order valence-corrected chi connectivity index (χ4v) is 3.03. The summed E-state index contributed by atoms with van der Waals surface area (Å²) in [5.74, 6) is -0.343. The number of benzene rings is 1. The lowest BCUT2D eigenvalue weighted by Crippen LogP contribution is -2.46. The normalized spacial score (nSPS) is 18.8. The van der Waals surface area contributed by atoms with E-state index >= 15 is 0 Å². The van der Waals surface area contributed by atoms with E-state index in [9.17, 15) is 14.4 Å². The summed E-state index contributed by atoms with van der Waals surface area (Å²) >= 11 is 0. The number of amides is 2. The number of carbonyl (C=O) groups excluding carboxylic acids is 3. The summed E-state index contributed by atoms with van der Waals surface area (Å²) < 4.78 is 5.33. The summed E-state index contributed by atoms with van der Waals surface area (Å²) in [6.45, 7) is 8.79. The zero-order chi connectivity index (χ0) is 18.8. The average Bonchev–Trinajstić information content (AvgIpc) is 2.88. The van der Waals surface area contributed by atoms with Crippen molar-refractivity contribution in [1.82, 2.24) is 9.80 Å². The molecule has 2 amide bonds. The molecular formula is C19H26N2O4. The van der Waals surface area contributed by atoms with Gasteiger partial charge in [0, 0.05) is 6.92 Å². The van der Waals surface area contributed by atoms with Crippen LogP contribution in [0.3, 0.4) is 0 Å². The zero-order valence-corrected chi connectivity index (χ0v) is 15.5. The van der Waals surface area contributed by atoms with E-state index in [4.69, 9.17) is 4.74 Å². The van der Waals surface area contributed by atoms with Gasteiger partial charge in [-0.05, 0) is 33.3 Å². The Morgan fingerprint density at radius 1 is 1.24 bits per heavy atom. The molecule has 0 aromatic heterocycles. The topological polar surface area (TPSA) is 66.9 Å². The van der Waals surface area contributed by atoms with Gasteiger partial charge in [-0.1, -0.05) is 30.3 Å². The second-order valence-corrected chi connectivity index (χ2v) is 7.36. The van der Waals surface area contributed by atoms with Gasteiger partial charge in [-0.25, -0.2) is 4.79 Å². The number of nitrogens with zero attached hydrogens (tertiary/aromatic N) is 2. The number of ether oxygens (including phenoxy) is 1. The van der Waals surface area contributed by atoms with Gasteiger partial charge in [-0.2, -0.15) is 0 Å². The highest BCUT2D eigenvalue weighted by atomic mass is 16.6. The van der Waals surface area contributed by atoms with Crippen LogP contribution in [0.25, 0.3) is 0 Å². The predicted molar refractivity (Wildman–Crippen MR) is 94.0 cm³/mol. The van der Waals surface area contributed by atoms with Crippen LogP contribution in [0.4, 0.5) is 4.79 Å². The number of Topliss-reactive ketones (excluding diaryl/α,β-unsaturated/α-hetero) is 1. The number of likely N-dealkylation sites (tertiary alicyclic amines) is 1. The van der Waals surface area contributed by atoms with E-state index in [1.54, 1.807) is 25.7 Å². The third-order valence-corrected chi connectivity index (χ3v) is 4.16. The molecule has 0 bridgehead atoms. The van der Waals surface area contributed by atoms with E-state index in [1.807, 2.05) is 37.3 Å².